The number of benzene rings is 10. The van der Waals surface area contributed by atoms with Gasteiger partial charge in [0.1, 0.15) is 0 Å². The lowest BCUT2D eigenvalue weighted by molar-refractivity contribution is 0.994. The van der Waals surface area contributed by atoms with Gasteiger partial charge in [-0.1, -0.05) is 200 Å². The van der Waals surface area contributed by atoms with Crippen LogP contribution in [-0.4, -0.2) is 31.7 Å². The highest BCUT2D eigenvalue weighted by molar-refractivity contribution is 7.21. The van der Waals surface area contributed by atoms with E-state index in [2.05, 4.69) is 262 Å². The summed E-state index contributed by atoms with van der Waals surface area (Å²) in [6.07, 6.45) is 0. The zero-order valence-corrected chi connectivity index (χ0v) is 38.9. The third kappa shape index (κ3) is 5.36. The van der Waals surface area contributed by atoms with Crippen LogP contribution in [0.3, 0.4) is 0 Å². The first kappa shape index (κ1) is 38.9. The van der Waals surface area contributed by atoms with Crippen molar-refractivity contribution >= 4 is 94.2 Å². The number of hydrogen-bond acceptors (Lipinski definition) is 2. The van der Waals surface area contributed by atoms with Crippen molar-refractivity contribution < 1.29 is 0 Å². The maximum absolute atomic E-state index is 5.65. The lowest BCUT2D eigenvalue weighted by atomic mass is 10.1. The van der Waals surface area contributed by atoms with Crippen molar-refractivity contribution in [1.82, 2.24) is 23.7 Å². The highest BCUT2D eigenvalue weighted by Crippen LogP contribution is 2.39. The molecule has 0 saturated carbocycles. The van der Waals surface area contributed by atoms with E-state index in [0.29, 0.717) is 5.95 Å². The van der Waals surface area contributed by atoms with Crippen molar-refractivity contribution in [3.05, 3.63) is 249 Å². The predicted octanol–water partition coefficient (Wildman–Crippen LogP) is 12.8. The number of rotatable bonds is 6. The summed E-state index contributed by atoms with van der Waals surface area (Å²) in [4.78, 5) is 11.3. The number of nitrogens with zero attached hydrogens (tertiary/aromatic N) is 5. The van der Waals surface area contributed by atoms with Crippen molar-refractivity contribution in [3.8, 4) is 39.8 Å². The first-order valence-electron chi connectivity index (χ1n) is 24.0. The van der Waals surface area contributed by atoms with Crippen molar-refractivity contribution in [1.29, 1.82) is 0 Å². The number of hydrogen-bond donors (Lipinski definition) is 0. The molecule has 4 aromatic heterocycles. The molecule has 1 aliphatic heterocycles. The Bertz CT molecular complexity index is 4340. The molecular weight excluding hydrogens is 867 g/mol. The Kier molecular flexibility index (Phi) is 8.32. The summed E-state index contributed by atoms with van der Waals surface area (Å²) in [5.41, 5.74) is 13.0. The topological polar surface area (TPSA) is 40.6 Å². The van der Waals surface area contributed by atoms with Gasteiger partial charge in [-0.3, -0.25) is 4.57 Å². The highest BCUT2D eigenvalue weighted by atomic mass is 28.3. The number of para-hydroxylation sites is 8. The third-order valence-electron chi connectivity index (χ3n) is 14.9. The molecule has 10 aromatic carbocycles. The van der Waals surface area contributed by atoms with Gasteiger partial charge in [-0.25, -0.2) is 9.97 Å². The zero-order valence-electron chi connectivity index (χ0n) is 37.9. The van der Waals surface area contributed by atoms with Crippen LogP contribution >= 0.6 is 0 Å². The Hall–Kier alpha value is -9.10. The summed E-state index contributed by atoms with van der Waals surface area (Å²) in [5, 5.41) is 12.7. The van der Waals surface area contributed by atoms with Crippen molar-refractivity contribution in [2.24, 2.45) is 0 Å². The fraction of sp³-hybridized carbons (Fsp3) is 0. The van der Waals surface area contributed by atoms with Gasteiger partial charge in [0.25, 0.3) is 0 Å². The minimum atomic E-state index is -3.02. The molecule has 1 unspecified atom stereocenters. The van der Waals surface area contributed by atoms with E-state index in [0.717, 1.165) is 50.3 Å². The Morgan fingerprint density at radius 1 is 0.300 bits per heavy atom. The second-order valence-corrected chi connectivity index (χ2v) is 22.2. The van der Waals surface area contributed by atoms with Gasteiger partial charge in [-0.2, -0.15) is 0 Å². The molecule has 70 heavy (non-hydrogen) atoms. The van der Waals surface area contributed by atoms with Gasteiger partial charge < -0.3 is 9.13 Å². The van der Waals surface area contributed by atoms with Gasteiger partial charge in [0, 0.05) is 49.1 Å². The van der Waals surface area contributed by atoms with Crippen molar-refractivity contribution in [3.63, 3.8) is 0 Å². The summed E-state index contributed by atoms with van der Waals surface area (Å²) in [7, 11) is -3.02. The molecule has 0 spiro atoms. The Morgan fingerprint density at radius 2 is 0.757 bits per heavy atom. The summed E-state index contributed by atoms with van der Waals surface area (Å²) < 4.78 is 7.18. The van der Waals surface area contributed by atoms with E-state index in [9.17, 15) is 0 Å². The van der Waals surface area contributed by atoms with Crippen LogP contribution in [0.5, 0.6) is 0 Å². The largest absolute Gasteiger partial charge is 0.309 e. The molecule has 5 nitrogen and oxygen atoms in total. The first-order valence-corrected chi connectivity index (χ1v) is 26.0. The van der Waals surface area contributed by atoms with Crippen LogP contribution in [0, 0.1) is 0 Å². The maximum Gasteiger partial charge on any atom is 0.235 e. The monoisotopic (exact) mass is 907 g/mol. The molecule has 0 bridgehead atoms. The average molecular weight is 908 g/mol. The molecule has 0 saturated heterocycles. The third-order valence-corrected chi connectivity index (χ3v) is 19.8. The van der Waals surface area contributed by atoms with E-state index < -0.39 is 8.07 Å². The fourth-order valence-electron chi connectivity index (χ4n) is 12.1. The molecular formula is C64H41N5Si. The summed E-state index contributed by atoms with van der Waals surface area (Å²) in [6, 6.07) is 91.2. The van der Waals surface area contributed by atoms with E-state index in [1.807, 2.05) is 0 Å². The van der Waals surface area contributed by atoms with Gasteiger partial charge in [0.15, 0.2) is 8.07 Å². The van der Waals surface area contributed by atoms with Gasteiger partial charge in [-0.05, 0) is 69.3 Å². The van der Waals surface area contributed by atoms with E-state index in [-0.39, 0.29) is 0 Å². The van der Waals surface area contributed by atoms with Crippen LogP contribution in [0.15, 0.2) is 249 Å². The second kappa shape index (κ2) is 14.9. The summed E-state index contributed by atoms with van der Waals surface area (Å²) in [6.45, 7) is 0. The molecule has 0 amide bonds. The molecule has 1 aliphatic rings. The molecule has 15 rings (SSSR count). The Morgan fingerprint density at radius 3 is 1.41 bits per heavy atom. The van der Waals surface area contributed by atoms with Crippen LogP contribution in [0.2, 0.25) is 0 Å². The summed E-state index contributed by atoms with van der Waals surface area (Å²) >= 11 is 0. The van der Waals surface area contributed by atoms with Gasteiger partial charge >= 0.3 is 0 Å². The predicted molar refractivity (Wildman–Crippen MR) is 293 cm³/mol. The van der Waals surface area contributed by atoms with Crippen molar-refractivity contribution in [2.75, 3.05) is 0 Å². The average Bonchev–Trinajstić information content (AvgIpc) is 4.08. The van der Waals surface area contributed by atoms with E-state index >= 15 is 0 Å². The van der Waals surface area contributed by atoms with Crippen molar-refractivity contribution in [2.45, 2.75) is 0 Å². The van der Waals surface area contributed by atoms with Gasteiger partial charge in [-0.15, -0.1) is 0 Å². The highest BCUT2D eigenvalue weighted by Gasteiger charge is 2.47. The molecule has 0 N–H and O–H groups in total. The molecule has 5 heterocycles. The van der Waals surface area contributed by atoms with Crippen LogP contribution < -0.4 is 20.7 Å². The molecule has 6 heteroatoms. The molecule has 1 atom stereocenters. The Balaban J connectivity index is 1.03. The minimum absolute atomic E-state index is 0.625. The SMILES string of the molecule is c1ccc([Si]2(c3cccc(-c4cc(-c5ccccc5-n5c6ccccc6c6ccccc65)nc(-n5c6ccccc6c6ccccc65)n4)c3)c3ccccc3-n3c4ccccc4c4cccc2c43)cc1. The van der Waals surface area contributed by atoms with Gasteiger partial charge in [0.2, 0.25) is 5.95 Å². The molecule has 326 valence electrons. The smallest absolute Gasteiger partial charge is 0.235 e. The molecule has 14 aromatic rings. The van der Waals surface area contributed by atoms with E-state index in [4.69, 9.17) is 9.97 Å². The fourth-order valence-corrected chi connectivity index (χ4v) is 17.3. The lowest BCUT2D eigenvalue weighted by Crippen LogP contribution is -2.76. The molecule has 0 radical (unpaired) electrons. The quantitative estimate of drug-likeness (QED) is 0.156. The van der Waals surface area contributed by atoms with Crippen LogP contribution in [0.25, 0.3) is 105 Å². The number of fused-ring (bicyclic) bond motifs is 11. The normalized spacial score (nSPS) is 14.3. The molecule has 0 aliphatic carbocycles. The standard InChI is InChI=1S/C64H41N5Si/c1-2-21-43(22-3-1)70(61-38-17-16-37-60(61)68-56-33-12-8-28-49(56)50-30-19-39-62(70)63(50)68)44-23-18-20-42(40-44)52-41-53(66-64(65-52)69-57-34-13-6-26-47(57)48-27-7-14-35-58(48)69)51-29-9-15-36-59(51)67-54-31-10-4-24-45(54)46-25-5-11-32-55(46)67/h1-41H. The van der Waals surface area contributed by atoms with Crippen LogP contribution in [-0.2, 0) is 0 Å². The lowest BCUT2D eigenvalue weighted by Gasteiger charge is -2.40. The zero-order chi connectivity index (χ0) is 45.9. The van der Waals surface area contributed by atoms with Crippen LogP contribution in [0.4, 0.5) is 0 Å². The maximum atomic E-state index is 5.65. The van der Waals surface area contributed by atoms with E-state index in [1.54, 1.807) is 0 Å². The first-order chi connectivity index (χ1) is 34.8. The Labute approximate surface area is 404 Å². The molecule has 0 fully saturated rings. The van der Waals surface area contributed by atoms with Crippen LogP contribution in [0.1, 0.15) is 0 Å². The van der Waals surface area contributed by atoms with E-state index in [1.165, 1.54) is 69.8 Å². The second-order valence-electron chi connectivity index (χ2n) is 18.5. The summed E-state index contributed by atoms with van der Waals surface area (Å²) in [5.74, 6) is 0.625. The number of aromatic nitrogens is 5. The van der Waals surface area contributed by atoms with Gasteiger partial charge in [0.05, 0.1) is 50.2 Å². The minimum Gasteiger partial charge on any atom is -0.309 e.